The van der Waals surface area contributed by atoms with Crippen LogP contribution in [-0.2, 0) is 22.1 Å². The summed E-state index contributed by atoms with van der Waals surface area (Å²) in [5.41, 5.74) is -1.07. The molecule has 1 rings (SSSR count). The van der Waals surface area contributed by atoms with Crippen LogP contribution in [0.4, 0.5) is 13.2 Å². The molecule has 0 saturated carbocycles. The number of hydrogen-bond acceptors (Lipinski definition) is 4. The van der Waals surface area contributed by atoms with Crippen LogP contribution in [0.5, 0.6) is 5.75 Å². The average Bonchev–Trinajstić information content (AvgIpc) is 2.27. The van der Waals surface area contributed by atoms with Gasteiger partial charge >= 0.3 is 12.1 Å². The van der Waals surface area contributed by atoms with Gasteiger partial charge in [0.2, 0.25) is 0 Å². The van der Waals surface area contributed by atoms with Crippen LogP contribution in [-0.4, -0.2) is 25.2 Å². The van der Waals surface area contributed by atoms with Gasteiger partial charge in [-0.25, -0.2) is 0 Å². The van der Waals surface area contributed by atoms with Crippen molar-refractivity contribution in [3.63, 3.8) is 0 Å². The number of ether oxygens (including phenoxy) is 2. The molecule has 0 radical (unpaired) electrons. The first-order chi connectivity index (χ1) is 7.90. The number of pyridine rings is 1. The molecule has 94 valence electrons. The quantitative estimate of drug-likeness (QED) is 0.767. The topological polar surface area (TPSA) is 48.4 Å². The van der Waals surface area contributed by atoms with Crippen LogP contribution >= 0.6 is 0 Å². The summed E-state index contributed by atoms with van der Waals surface area (Å²) in [5, 5.41) is 0. The smallest absolute Gasteiger partial charge is 0.420 e. The van der Waals surface area contributed by atoms with E-state index in [0.29, 0.717) is 0 Å². The second-order valence-corrected chi connectivity index (χ2v) is 3.09. The Bertz CT molecular complexity index is 418. The monoisotopic (exact) mass is 249 g/mol. The first-order valence-electron chi connectivity index (χ1n) is 4.56. The van der Waals surface area contributed by atoms with Crippen LogP contribution in [0.15, 0.2) is 12.3 Å². The van der Waals surface area contributed by atoms with Gasteiger partial charge in [-0.3, -0.25) is 9.78 Å². The largest absolute Gasteiger partial charge is 0.494 e. The van der Waals surface area contributed by atoms with Crippen LogP contribution < -0.4 is 4.74 Å². The van der Waals surface area contributed by atoms with Gasteiger partial charge in [0, 0.05) is 6.20 Å². The van der Waals surface area contributed by atoms with E-state index in [1.807, 2.05) is 0 Å². The number of aromatic nitrogens is 1. The van der Waals surface area contributed by atoms with E-state index in [1.54, 1.807) is 0 Å². The molecule has 0 bridgehead atoms. The lowest BCUT2D eigenvalue weighted by molar-refractivity contribution is -0.141. The number of rotatable bonds is 3. The maximum absolute atomic E-state index is 12.6. The molecule has 0 spiro atoms. The molecule has 0 aliphatic heterocycles. The van der Waals surface area contributed by atoms with Crippen molar-refractivity contribution in [2.75, 3.05) is 14.2 Å². The predicted octanol–water partition coefficient (Wildman–Crippen LogP) is 1.82. The zero-order chi connectivity index (χ0) is 13.1. The molecule has 0 aromatic carbocycles. The molecule has 0 aliphatic carbocycles. The van der Waals surface area contributed by atoms with Crippen LogP contribution in [0, 0.1) is 0 Å². The lowest BCUT2D eigenvalue weighted by Gasteiger charge is -2.14. The van der Waals surface area contributed by atoms with Gasteiger partial charge < -0.3 is 9.47 Å². The van der Waals surface area contributed by atoms with Gasteiger partial charge in [0.05, 0.1) is 26.3 Å². The predicted molar refractivity (Wildman–Crippen MR) is 51.5 cm³/mol. The minimum Gasteiger partial charge on any atom is -0.494 e. The molecule has 0 aliphatic rings. The van der Waals surface area contributed by atoms with Crippen LogP contribution in [0.2, 0.25) is 0 Å². The Hall–Kier alpha value is -1.79. The van der Waals surface area contributed by atoms with E-state index in [2.05, 4.69) is 14.5 Å². The number of alkyl halides is 3. The summed E-state index contributed by atoms with van der Waals surface area (Å²) >= 11 is 0. The zero-order valence-corrected chi connectivity index (χ0v) is 9.17. The molecule has 1 aromatic rings. The standard InChI is InChI=1S/C10H10F3NO3/c1-16-8(15)5-7-9(17-2)6(3-4-14-7)10(11,12)13/h3-4H,5H2,1-2H3. The van der Waals surface area contributed by atoms with Crippen molar-refractivity contribution in [1.29, 1.82) is 0 Å². The number of carbonyl (C=O) groups is 1. The number of carbonyl (C=O) groups excluding carboxylic acids is 1. The first kappa shape index (κ1) is 13.3. The fourth-order valence-corrected chi connectivity index (χ4v) is 1.28. The van der Waals surface area contributed by atoms with E-state index < -0.39 is 23.5 Å². The Labute approximate surface area is 95.4 Å². The summed E-state index contributed by atoms with van der Waals surface area (Å²) in [6, 6.07) is 0.791. The maximum Gasteiger partial charge on any atom is 0.420 e. The van der Waals surface area contributed by atoms with E-state index in [-0.39, 0.29) is 12.1 Å². The van der Waals surface area contributed by atoms with E-state index in [9.17, 15) is 18.0 Å². The molecule has 0 fully saturated rings. The highest BCUT2D eigenvalue weighted by atomic mass is 19.4. The van der Waals surface area contributed by atoms with Crippen molar-refractivity contribution >= 4 is 5.97 Å². The molecule has 0 saturated heterocycles. The summed E-state index contributed by atoms with van der Waals surface area (Å²) in [5.74, 6) is -1.14. The van der Waals surface area contributed by atoms with E-state index >= 15 is 0 Å². The molecule has 4 nitrogen and oxygen atoms in total. The Morgan fingerprint density at radius 2 is 2.06 bits per heavy atom. The lowest BCUT2D eigenvalue weighted by atomic mass is 10.1. The van der Waals surface area contributed by atoms with Crippen molar-refractivity contribution < 1.29 is 27.4 Å². The normalized spacial score (nSPS) is 11.1. The summed E-state index contributed by atoms with van der Waals surface area (Å²) in [7, 11) is 2.23. The van der Waals surface area contributed by atoms with Gasteiger partial charge in [0.1, 0.15) is 5.56 Å². The van der Waals surface area contributed by atoms with Gasteiger partial charge in [-0.05, 0) is 6.07 Å². The van der Waals surface area contributed by atoms with Crippen LogP contribution in [0.25, 0.3) is 0 Å². The summed E-state index contributed by atoms with van der Waals surface area (Å²) in [4.78, 5) is 14.7. The molecule has 1 aromatic heterocycles. The Morgan fingerprint density at radius 3 is 2.53 bits per heavy atom. The molecule has 0 atom stereocenters. The van der Waals surface area contributed by atoms with Crippen molar-refractivity contribution in [3.05, 3.63) is 23.5 Å². The van der Waals surface area contributed by atoms with Gasteiger partial charge in [0.25, 0.3) is 0 Å². The number of hydrogen-bond donors (Lipinski definition) is 0. The minimum absolute atomic E-state index is 0.103. The Balaban J connectivity index is 3.19. The van der Waals surface area contributed by atoms with Crippen molar-refractivity contribution in [2.24, 2.45) is 0 Å². The highest BCUT2D eigenvalue weighted by molar-refractivity contribution is 5.73. The SMILES string of the molecule is COC(=O)Cc1nccc(C(F)(F)F)c1OC. The van der Waals surface area contributed by atoms with Crippen molar-refractivity contribution in [1.82, 2.24) is 4.98 Å². The fraction of sp³-hybridized carbons (Fsp3) is 0.400. The van der Waals surface area contributed by atoms with Crippen LogP contribution in [0.3, 0.4) is 0 Å². The van der Waals surface area contributed by atoms with E-state index in [1.165, 1.54) is 0 Å². The second kappa shape index (κ2) is 5.03. The van der Waals surface area contributed by atoms with Crippen molar-refractivity contribution in [2.45, 2.75) is 12.6 Å². The molecular weight excluding hydrogens is 239 g/mol. The molecule has 0 amide bonds. The summed E-state index contributed by atoms with van der Waals surface area (Å²) < 4.78 is 46.9. The highest BCUT2D eigenvalue weighted by Gasteiger charge is 2.35. The first-order valence-corrected chi connectivity index (χ1v) is 4.56. The van der Waals surface area contributed by atoms with Crippen molar-refractivity contribution in [3.8, 4) is 5.75 Å². The van der Waals surface area contributed by atoms with Gasteiger partial charge in [-0.2, -0.15) is 13.2 Å². The molecule has 7 heteroatoms. The highest BCUT2D eigenvalue weighted by Crippen LogP contribution is 2.37. The van der Waals surface area contributed by atoms with Crippen LogP contribution in [0.1, 0.15) is 11.3 Å². The van der Waals surface area contributed by atoms with E-state index in [4.69, 9.17) is 0 Å². The number of esters is 1. The zero-order valence-electron chi connectivity index (χ0n) is 9.17. The minimum atomic E-state index is -4.56. The molecule has 0 N–H and O–H groups in total. The molecular formula is C10H10F3NO3. The molecule has 17 heavy (non-hydrogen) atoms. The number of halogens is 3. The third-order valence-corrected chi connectivity index (χ3v) is 2.03. The van der Waals surface area contributed by atoms with Gasteiger partial charge in [0.15, 0.2) is 5.75 Å². The fourth-order valence-electron chi connectivity index (χ4n) is 1.28. The Kier molecular flexibility index (Phi) is 3.93. The maximum atomic E-state index is 12.6. The average molecular weight is 249 g/mol. The van der Waals surface area contributed by atoms with Gasteiger partial charge in [-0.15, -0.1) is 0 Å². The molecule has 1 heterocycles. The third kappa shape index (κ3) is 3.08. The number of nitrogens with zero attached hydrogens (tertiary/aromatic N) is 1. The molecule has 0 unspecified atom stereocenters. The van der Waals surface area contributed by atoms with E-state index in [0.717, 1.165) is 26.5 Å². The van der Waals surface area contributed by atoms with Gasteiger partial charge in [-0.1, -0.05) is 0 Å². The third-order valence-electron chi connectivity index (χ3n) is 2.03. The summed E-state index contributed by atoms with van der Waals surface area (Å²) in [6.45, 7) is 0. The number of methoxy groups -OCH3 is 2. The summed E-state index contributed by atoms with van der Waals surface area (Å²) in [6.07, 6.45) is -3.95. The Morgan fingerprint density at radius 1 is 1.41 bits per heavy atom. The second-order valence-electron chi connectivity index (χ2n) is 3.09. The lowest BCUT2D eigenvalue weighted by Crippen LogP contribution is -2.13.